The minimum atomic E-state index is 0.0697. The zero-order valence-electron chi connectivity index (χ0n) is 10.2. The summed E-state index contributed by atoms with van der Waals surface area (Å²) >= 11 is 1.20. The molecule has 2 atom stereocenters. The Kier molecular flexibility index (Phi) is 3.73. The van der Waals surface area contributed by atoms with E-state index >= 15 is 0 Å². The topological polar surface area (TPSA) is 72.1 Å². The first-order chi connectivity index (χ1) is 8.17. The summed E-state index contributed by atoms with van der Waals surface area (Å²) in [7, 11) is 0. The minimum Gasteiger partial charge on any atom is -0.335 e. The predicted molar refractivity (Wildman–Crippen MR) is 66.9 cm³/mol. The summed E-state index contributed by atoms with van der Waals surface area (Å²) < 4.78 is 3.87. The number of hydrogen-bond donors (Lipinski definition) is 1. The number of amides is 1. The molecule has 1 aliphatic heterocycles. The van der Waals surface area contributed by atoms with Gasteiger partial charge < -0.3 is 10.6 Å². The van der Waals surface area contributed by atoms with E-state index in [0.717, 1.165) is 25.1 Å². The van der Waals surface area contributed by atoms with E-state index in [9.17, 15) is 4.79 Å². The molecule has 0 spiro atoms. The molecule has 1 aliphatic rings. The van der Waals surface area contributed by atoms with E-state index in [4.69, 9.17) is 5.73 Å². The quantitative estimate of drug-likeness (QED) is 0.870. The standard InChI is InChI=1S/C11H18N4OS/c1-3-9-10(17-14-13-9)11(16)15-6-8(5-12)4-7(15)2/h7-8H,3-6,12H2,1-2H3. The first kappa shape index (κ1) is 12.4. The summed E-state index contributed by atoms with van der Waals surface area (Å²) in [4.78, 5) is 15.0. The second kappa shape index (κ2) is 5.10. The van der Waals surface area contributed by atoms with Gasteiger partial charge in [0, 0.05) is 12.6 Å². The highest BCUT2D eigenvalue weighted by Gasteiger charge is 2.33. The van der Waals surface area contributed by atoms with E-state index in [0.29, 0.717) is 17.3 Å². The number of hydrogen-bond acceptors (Lipinski definition) is 5. The van der Waals surface area contributed by atoms with Gasteiger partial charge in [-0.05, 0) is 43.8 Å². The molecule has 0 saturated carbocycles. The number of carbonyl (C=O) groups excluding carboxylic acids is 1. The lowest BCUT2D eigenvalue weighted by molar-refractivity contribution is 0.0747. The van der Waals surface area contributed by atoms with Crippen LogP contribution in [0.5, 0.6) is 0 Å². The van der Waals surface area contributed by atoms with Crippen molar-refractivity contribution in [2.75, 3.05) is 13.1 Å². The number of carbonyl (C=O) groups is 1. The first-order valence-electron chi connectivity index (χ1n) is 5.99. The molecule has 2 N–H and O–H groups in total. The van der Waals surface area contributed by atoms with Gasteiger partial charge in [-0.2, -0.15) is 0 Å². The minimum absolute atomic E-state index is 0.0697. The predicted octanol–water partition coefficient (Wildman–Crippen LogP) is 0.910. The van der Waals surface area contributed by atoms with Crippen LogP contribution in [0.4, 0.5) is 0 Å². The van der Waals surface area contributed by atoms with Gasteiger partial charge in [-0.1, -0.05) is 11.4 Å². The zero-order valence-corrected chi connectivity index (χ0v) is 11.0. The third kappa shape index (κ3) is 2.32. The molecule has 1 amide bonds. The van der Waals surface area contributed by atoms with Crippen molar-refractivity contribution in [3.8, 4) is 0 Å². The number of aryl methyl sites for hydroxylation is 1. The molecule has 0 aliphatic carbocycles. The van der Waals surface area contributed by atoms with E-state index in [1.165, 1.54) is 11.5 Å². The van der Waals surface area contributed by atoms with Crippen LogP contribution in [-0.2, 0) is 6.42 Å². The van der Waals surface area contributed by atoms with Crippen LogP contribution in [0.2, 0.25) is 0 Å². The van der Waals surface area contributed by atoms with Crippen molar-refractivity contribution < 1.29 is 4.79 Å². The first-order valence-corrected chi connectivity index (χ1v) is 6.77. The van der Waals surface area contributed by atoms with Gasteiger partial charge in [-0.25, -0.2) is 0 Å². The van der Waals surface area contributed by atoms with Crippen molar-refractivity contribution in [2.24, 2.45) is 11.7 Å². The fraction of sp³-hybridized carbons (Fsp3) is 0.727. The maximum absolute atomic E-state index is 12.4. The number of aromatic nitrogens is 2. The van der Waals surface area contributed by atoms with Crippen LogP contribution in [0, 0.1) is 5.92 Å². The summed E-state index contributed by atoms with van der Waals surface area (Å²) in [6, 6.07) is 0.267. The molecule has 6 heteroatoms. The Morgan fingerprint density at radius 1 is 1.65 bits per heavy atom. The average molecular weight is 254 g/mol. The molecule has 2 heterocycles. The second-order valence-corrected chi connectivity index (χ2v) is 5.30. The Morgan fingerprint density at radius 2 is 2.41 bits per heavy atom. The highest BCUT2D eigenvalue weighted by atomic mass is 32.1. The highest BCUT2D eigenvalue weighted by Crippen LogP contribution is 2.25. The van der Waals surface area contributed by atoms with Crippen LogP contribution in [0.25, 0.3) is 0 Å². The summed E-state index contributed by atoms with van der Waals surface area (Å²) in [5.41, 5.74) is 6.48. The lowest BCUT2D eigenvalue weighted by atomic mass is 10.1. The lowest BCUT2D eigenvalue weighted by Gasteiger charge is -2.20. The molecule has 17 heavy (non-hydrogen) atoms. The SMILES string of the molecule is CCc1nnsc1C(=O)N1CC(CN)CC1C. The van der Waals surface area contributed by atoms with Crippen LogP contribution in [0.1, 0.15) is 35.6 Å². The lowest BCUT2D eigenvalue weighted by Crippen LogP contribution is -2.34. The average Bonchev–Trinajstić information content (AvgIpc) is 2.93. The Morgan fingerprint density at radius 3 is 3.00 bits per heavy atom. The van der Waals surface area contributed by atoms with Crippen molar-refractivity contribution in [3.63, 3.8) is 0 Å². The van der Waals surface area contributed by atoms with Gasteiger partial charge in [0.1, 0.15) is 4.88 Å². The van der Waals surface area contributed by atoms with Gasteiger partial charge in [0.2, 0.25) is 0 Å². The van der Waals surface area contributed by atoms with E-state index < -0.39 is 0 Å². The molecule has 2 rings (SSSR count). The van der Waals surface area contributed by atoms with Gasteiger partial charge in [-0.3, -0.25) is 4.79 Å². The second-order valence-electron chi connectivity index (χ2n) is 4.55. The maximum Gasteiger partial charge on any atom is 0.267 e. The van der Waals surface area contributed by atoms with Crippen molar-refractivity contribution in [1.82, 2.24) is 14.5 Å². The Bertz CT molecular complexity index is 406. The molecule has 1 aromatic rings. The maximum atomic E-state index is 12.4. The molecule has 1 saturated heterocycles. The number of nitrogens with zero attached hydrogens (tertiary/aromatic N) is 3. The normalized spacial score (nSPS) is 24.3. The molecule has 0 bridgehead atoms. The monoisotopic (exact) mass is 254 g/mol. The summed E-state index contributed by atoms with van der Waals surface area (Å²) in [5.74, 6) is 0.500. The molecule has 0 aromatic carbocycles. The molecule has 94 valence electrons. The molecule has 5 nitrogen and oxygen atoms in total. The van der Waals surface area contributed by atoms with Crippen molar-refractivity contribution in [2.45, 2.75) is 32.7 Å². The van der Waals surface area contributed by atoms with Gasteiger partial charge in [0.15, 0.2) is 0 Å². The van der Waals surface area contributed by atoms with E-state index in [1.54, 1.807) is 0 Å². The van der Waals surface area contributed by atoms with Crippen LogP contribution >= 0.6 is 11.5 Å². The van der Waals surface area contributed by atoms with Crippen molar-refractivity contribution in [1.29, 1.82) is 0 Å². The van der Waals surface area contributed by atoms with Gasteiger partial charge in [0.05, 0.1) is 5.69 Å². The van der Waals surface area contributed by atoms with Crippen LogP contribution < -0.4 is 5.73 Å². The van der Waals surface area contributed by atoms with Gasteiger partial charge >= 0.3 is 0 Å². The summed E-state index contributed by atoms with van der Waals surface area (Å²) in [5, 5.41) is 3.99. The summed E-state index contributed by atoms with van der Waals surface area (Å²) in [6.45, 7) is 5.48. The zero-order chi connectivity index (χ0) is 12.4. The Hall–Kier alpha value is -1.01. The van der Waals surface area contributed by atoms with Crippen LogP contribution in [0.3, 0.4) is 0 Å². The van der Waals surface area contributed by atoms with Gasteiger partial charge in [-0.15, -0.1) is 5.10 Å². The third-order valence-corrected chi connectivity index (χ3v) is 4.10. The fourth-order valence-corrected chi connectivity index (χ4v) is 3.04. The van der Waals surface area contributed by atoms with Crippen molar-refractivity contribution >= 4 is 17.4 Å². The number of nitrogens with two attached hydrogens (primary N) is 1. The molecular weight excluding hydrogens is 236 g/mol. The fourth-order valence-electron chi connectivity index (χ4n) is 2.33. The van der Waals surface area contributed by atoms with E-state index in [2.05, 4.69) is 16.5 Å². The van der Waals surface area contributed by atoms with E-state index in [-0.39, 0.29) is 11.9 Å². The van der Waals surface area contributed by atoms with Crippen molar-refractivity contribution in [3.05, 3.63) is 10.6 Å². The van der Waals surface area contributed by atoms with E-state index in [1.807, 2.05) is 11.8 Å². The number of rotatable bonds is 3. The molecule has 1 aromatic heterocycles. The molecule has 0 radical (unpaired) electrons. The molecular formula is C11H18N4OS. The highest BCUT2D eigenvalue weighted by molar-refractivity contribution is 7.08. The third-order valence-electron chi connectivity index (χ3n) is 3.34. The Balaban J connectivity index is 2.15. The van der Waals surface area contributed by atoms with Crippen LogP contribution in [0.15, 0.2) is 0 Å². The van der Waals surface area contributed by atoms with Gasteiger partial charge in [0.25, 0.3) is 5.91 Å². The largest absolute Gasteiger partial charge is 0.335 e. The number of likely N-dealkylation sites (tertiary alicyclic amines) is 1. The summed E-state index contributed by atoms with van der Waals surface area (Å²) in [6.07, 6.45) is 1.75. The smallest absolute Gasteiger partial charge is 0.267 e. The van der Waals surface area contributed by atoms with Crippen LogP contribution in [-0.4, -0.2) is 39.5 Å². The molecule has 2 unspecified atom stereocenters. The molecule has 1 fully saturated rings. The Labute approximate surface area is 105 Å².